The van der Waals surface area contributed by atoms with Gasteiger partial charge in [0.1, 0.15) is 6.04 Å². The van der Waals surface area contributed by atoms with E-state index in [2.05, 4.69) is 17.1 Å². The van der Waals surface area contributed by atoms with Crippen LogP contribution in [-0.2, 0) is 4.79 Å². The predicted octanol–water partition coefficient (Wildman–Crippen LogP) is -0.300. The molecule has 2 amide bonds. The Morgan fingerprint density at radius 1 is 1.35 bits per heavy atom. The number of hydrogen-bond acceptors (Lipinski definition) is 4. The molecule has 3 atom stereocenters. The van der Waals surface area contributed by atoms with Crippen molar-refractivity contribution in [2.75, 3.05) is 26.2 Å². The standard InChI is InChI=1S/C13H23N3O4/c1-2-15-5-3-4-9(7-15)14-13(20)16-8-10(17)6-11(16)12(18)19/h9-11,17H,2-8H2,1H3,(H,14,20)(H,18,19)/t9?,10-,11-/m0/s1. The summed E-state index contributed by atoms with van der Waals surface area (Å²) in [6.45, 7) is 4.97. The van der Waals surface area contributed by atoms with Crippen LogP contribution in [0.2, 0.25) is 0 Å². The SMILES string of the molecule is CCN1CCCC(NC(=O)N2C[C@@H](O)C[C@H]2C(=O)O)C1. The minimum atomic E-state index is -1.06. The molecule has 0 aromatic heterocycles. The number of amides is 2. The first-order chi connectivity index (χ1) is 9.51. The summed E-state index contributed by atoms with van der Waals surface area (Å²) in [5.74, 6) is -1.06. The number of carboxylic acids is 1. The van der Waals surface area contributed by atoms with Crippen LogP contribution in [0.15, 0.2) is 0 Å². The van der Waals surface area contributed by atoms with Crippen LogP contribution in [0.4, 0.5) is 4.79 Å². The van der Waals surface area contributed by atoms with Gasteiger partial charge in [-0.1, -0.05) is 6.92 Å². The molecule has 0 aromatic carbocycles. The van der Waals surface area contributed by atoms with Gasteiger partial charge < -0.3 is 25.3 Å². The highest BCUT2D eigenvalue weighted by Crippen LogP contribution is 2.19. The van der Waals surface area contributed by atoms with E-state index in [1.165, 1.54) is 4.90 Å². The summed E-state index contributed by atoms with van der Waals surface area (Å²) >= 11 is 0. The van der Waals surface area contributed by atoms with Crippen LogP contribution >= 0.6 is 0 Å². The maximum absolute atomic E-state index is 12.2. The van der Waals surface area contributed by atoms with Crippen LogP contribution in [0, 0.1) is 0 Å². The molecule has 0 bridgehead atoms. The molecule has 2 saturated heterocycles. The van der Waals surface area contributed by atoms with E-state index in [1.54, 1.807) is 0 Å². The number of likely N-dealkylation sites (tertiary alicyclic amines) is 2. The van der Waals surface area contributed by atoms with Gasteiger partial charge in [-0.25, -0.2) is 9.59 Å². The zero-order valence-electron chi connectivity index (χ0n) is 11.8. The average molecular weight is 285 g/mol. The summed E-state index contributed by atoms with van der Waals surface area (Å²) < 4.78 is 0. The van der Waals surface area contributed by atoms with Crippen molar-refractivity contribution in [2.45, 2.75) is 44.4 Å². The Kier molecular flexibility index (Phi) is 4.82. The van der Waals surface area contributed by atoms with Gasteiger partial charge in [0.15, 0.2) is 0 Å². The number of nitrogens with one attached hydrogen (secondary N) is 1. The number of piperidine rings is 1. The lowest BCUT2D eigenvalue weighted by atomic mass is 10.1. The smallest absolute Gasteiger partial charge is 0.326 e. The van der Waals surface area contributed by atoms with E-state index >= 15 is 0 Å². The number of carbonyl (C=O) groups excluding carboxylic acids is 1. The van der Waals surface area contributed by atoms with Crippen LogP contribution in [0.1, 0.15) is 26.2 Å². The molecule has 3 N–H and O–H groups in total. The number of nitrogens with zero attached hydrogens (tertiary/aromatic N) is 2. The first-order valence-corrected chi connectivity index (χ1v) is 7.21. The molecule has 20 heavy (non-hydrogen) atoms. The molecule has 0 spiro atoms. The quantitative estimate of drug-likeness (QED) is 0.662. The molecule has 7 nitrogen and oxygen atoms in total. The lowest BCUT2D eigenvalue weighted by molar-refractivity contribution is -0.141. The first-order valence-electron chi connectivity index (χ1n) is 7.21. The van der Waals surface area contributed by atoms with Gasteiger partial charge in [0.2, 0.25) is 0 Å². The van der Waals surface area contributed by atoms with E-state index in [-0.39, 0.29) is 25.0 Å². The molecular weight excluding hydrogens is 262 g/mol. The summed E-state index contributed by atoms with van der Waals surface area (Å²) in [4.78, 5) is 26.8. The Morgan fingerprint density at radius 2 is 2.10 bits per heavy atom. The monoisotopic (exact) mass is 285 g/mol. The summed E-state index contributed by atoms with van der Waals surface area (Å²) in [6.07, 6.45) is 1.30. The number of likely N-dealkylation sites (N-methyl/N-ethyl adjacent to an activating group) is 1. The van der Waals surface area contributed by atoms with Gasteiger partial charge in [-0.15, -0.1) is 0 Å². The maximum atomic E-state index is 12.2. The largest absolute Gasteiger partial charge is 0.480 e. The lowest BCUT2D eigenvalue weighted by Crippen LogP contribution is -2.53. The molecule has 1 unspecified atom stereocenters. The maximum Gasteiger partial charge on any atom is 0.326 e. The molecule has 2 heterocycles. The zero-order chi connectivity index (χ0) is 14.7. The Balaban J connectivity index is 1.92. The number of carboxylic acid groups (broad SMARTS) is 1. The second kappa shape index (κ2) is 6.41. The van der Waals surface area contributed by atoms with Gasteiger partial charge in [-0.05, 0) is 25.9 Å². The number of β-amino-alcohol motifs (C(OH)–C–C–N with tert-alkyl or cyclic N) is 1. The predicted molar refractivity (Wildman–Crippen MR) is 72.4 cm³/mol. The Labute approximate surface area is 118 Å². The second-order valence-electron chi connectivity index (χ2n) is 5.58. The third-order valence-corrected chi connectivity index (χ3v) is 4.11. The van der Waals surface area contributed by atoms with E-state index < -0.39 is 18.1 Å². The van der Waals surface area contributed by atoms with Crippen molar-refractivity contribution in [1.29, 1.82) is 0 Å². The Morgan fingerprint density at radius 3 is 2.75 bits per heavy atom. The minimum absolute atomic E-state index is 0.0587. The molecule has 2 fully saturated rings. The highest BCUT2D eigenvalue weighted by atomic mass is 16.4. The Bertz CT molecular complexity index is 377. The molecule has 7 heteroatoms. The van der Waals surface area contributed by atoms with E-state index in [9.17, 15) is 14.7 Å². The van der Waals surface area contributed by atoms with Crippen molar-refractivity contribution in [3.05, 3.63) is 0 Å². The number of aliphatic hydroxyl groups is 1. The number of hydrogen-bond donors (Lipinski definition) is 3. The molecule has 114 valence electrons. The summed E-state index contributed by atoms with van der Waals surface area (Å²) in [7, 11) is 0. The molecule has 2 aliphatic rings. The molecule has 0 aliphatic carbocycles. The van der Waals surface area contributed by atoms with Crippen molar-refractivity contribution in [3.8, 4) is 0 Å². The van der Waals surface area contributed by atoms with Gasteiger partial charge in [-0.2, -0.15) is 0 Å². The highest BCUT2D eigenvalue weighted by molar-refractivity contribution is 5.83. The average Bonchev–Trinajstić information content (AvgIpc) is 2.81. The van der Waals surface area contributed by atoms with Crippen LogP contribution < -0.4 is 5.32 Å². The van der Waals surface area contributed by atoms with E-state index in [1.807, 2.05) is 0 Å². The van der Waals surface area contributed by atoms with Crippen LogP contribution in [0.25, 0.3) is 0 Å². The molecule has 2 aliphatic heterocycles. The Hall–Kier alpha value is -1.34. The van der Waals surface area contributed by atoms with Gasteiger partial charge in [-0.3, -0.25) is 0 Å². The van der Waals surface area contributed by atoms with Gasteiger partial charge >= 0.3 is 12.0 Å². The number of urea groups is 1. The molecule has 0 saturated carbocycles. The fourth-order valence-electron chi connectivity index (χ4n) is 2.99. The third kappa shape index (κ3) is 3.40. The number of carbonyl (C=O) groups is 2. The van der Waals surface area contributed by atoms with Crippen molar-refractivity contribution in [1.82, 2.24) is 15.1 Å². The van der Waals surface area contributed by atoms with Crippen LogP contribution in [-0.4, -0.2) is 76.4 Å². The number of rotatable bonds is 3. The topological polar surface area (TPSA) is 93.1 Å². The summed E-state index contributed by atoms with van der Waals surface area (Å²) in [6, 6.07) is -1.24. The van der Waals surface area contributed by atoms with Gasteiger partial charge in [0.25, 0.3) is 0 Å². The lowest BCUT2D eigenvalue weighted by Gasteiger charge is -2.33. The number of aliphatic hydroxyl groups excluding tert-OH is 1. The minimum Gasteiger partial charge on any atom is -0.480 e. The van der Waals surface area contributed by atoms with Crippen molar-refractivity contribution < 1.29 is 19.8 Å². The molecule has 2 rings (SSSR count). The summed E-state index contributed by atoms with van der Waals surface area (Å²) in [5, 5.41) is 21.6. The van der Waals surface area contributed by atoms with E-state index in [0.29, 0.717) is 0 Å². The van der Waals surface area contributed by atoms with E-state index in [0.717, 1.165) is 32.5 Å². The van der Waals surface area contributed by atoms with Crippen molar-refractivity contribution in [2.24, 2.45) is 0 Å². The zero-order valence-corrected chi connectivity index (χ0v) is 11.8. The summed E-state index contributed by atoms with van der Waals surface area (Å²) in [5.41, 5.74) is 0. The van der Waals surface area contributed by atoms with Crippen LogP contribution in [0.5, 0.6) is 0 Å². The highest BCUT2D eigenvalue weighted by Gasteiger charge is 2.39. The molecule has 0 aromatic rings. The molecule has 0 radical (unpaired) electrons. The molecular formula is C13H23N3O4. The van der Waals surface area contributed by atoms with Gasteiger partial charge in [0, 0.05) is 25.6 Å². The van der Waals surface area contributed by atoms with E-state index in [4.69, 9.17) is 5.11 Å². The third-order valence-electron chi connectivity index (χ3n) is 4.11. The fraction of sp³-hybridized carbons (Fsp3) is 0.846. The van der Waals surface area contributed by atoms with Crippen LogP contribution in [0.3, 0.4) is 0 Å². The first kappa shape index (κ1) is 15.1. The second-order valence-corrected chi connectivity index (χ2v) is 5.58. The number of aliphatic carboxylic acids is 1. The van der Waals surface area contributed by atoms with Crippen molar-refractivity contribution in [3.63, 3.8) is 0 Å². The van der Waals surface area contributed by atoms with Gasteiger partial charge in [0.05, 0.1) is 6.10 Å². The normalized spacial score (nSPS) is 31.3. The fourth-order valence-corrected chi connectivity index (χ4v) is 2.99. The van der Waals surface area contributed by atoms with Crippen molar-refractivity contribution >= 4 is 12.0 Å².